The van der Waals surface area contributed by atoms with Gasteiger partial charge in [0.15, 0.2) is 0 Å². The van der Waals surface area contributed by atoms with Gasteiger partial charge in [0.2, 0.25) is 0 Å². The standard InChI is InChI=1S/C14H19N3O2/c1-10(19-3)14(2)12(15)16-13(18)17(14)9-11-7-5-4-6-8-11/h4-8,10H,9H2,1-3H3,(H2,15,16,18). The highest BCUT2D eigenvalue weighted by molar-refractivity contribution is 6.06. The summed E-state index contributed by atoms with van der Waals surface area (Å²) in [5.41, 5.74) is 6.26. The first kappa shape index (κ1) is 13.5. The van der Waals surface area contributed by atoms with Gasteiger partial charge in [0.05, 0.1) is 6.10 Å². The van der Waals surface area contributed by atoms with Gasteiger partial charge < -0.3 is 15.4 Å². The summed E-state index contributed by atoms with van der Waals surface area (Å²) in [6.07, 6.45) is -0.230. The number of nitrogens with zero attached hydrogens (tertiary/aromatic N) is 2. The van der Waals surface area contributed by atoms with E-state index in [0.29, 0.717) is 12.4 Å². The maximum Gasteiger partial charge on any atom is 0.346 e. The fourth-order valence-electron chi connectivity index (χ4n) is 2.27. The second-order valence-electron chi connectivity index (χ2n) is 4.88. The zero-order chi connectivity index (χ0) is 14.0. The molecule has 5 nitrogen and oxygen atoms in total. The summed E-state index contributed by atoms with van der Waals surface area (Å²) in [6, 6.07) is 9.46. The summed E-state index contributed by atoms with van der Waals surface area (Å²) in [7, 11) is 1.60. The van der Waals surface area contributed by atoms with Gasteiger partial charge in [-0.05, 0) is 19.4 Å². The van der Waals surface area contributed by atoms with Crippen LogP contribution in [0.25, 0.3) is 0 Å². The fourth-order valence-corrected chi connectivity index (χ4v) is 2.27. The van der Waals surface area contributed by atoms with Crippen molar-refractivity contribution in [2.45, 2.75) is 32.0 Å². The Labute approximate surface area is 113 Å². The van der Waals surface area contributed by atoms with Gasteiger partial charge in [-0.15, -0.1) is 0 Å². The van der Waals surface area contributed by atoms with Crippen LogP contribution in [-0.2, 0) is 11.3 Å². The molecule has 1 aromatic rings. The lowest BCUT2D eigenvalue weighted by atomic mass is 9.92. The predicted molar refractivity (Wildman–Crippen MR) is 73.9 cm³/mol. The van der Waals surface area contributed by atoms with Crippen molar-refractivity contribution in [1.29, 1.82) is 0 Å². The minimum absolute atomic E-state index is 0.230. The highest BCUT2D eigenvalue weighted by atomic mass is 16.5. The molecule has 5 heteroatoms. The summed E-state index contributed by atoms with van der Waals surface area (Å²) >= 11 is 0. The van der Waals surface area contributed by atoms with Crippen LogP contribution in [0.5, 0.6) is 0 Å². The van der Waals surface area contributed by atoms with Gasteiger partial charge >= 0.3 is 6.03 Å². The number of nitrogens with two attached hydrogens (primary N) is 1. The van der Waals surface area contributed by atoms with Crippen LogP contribution >= 0.6 is 0 Å². The average molecular weight is 261 g/mol. The number of urea groups is 1. The molecular formula is C14H19N3O2. The van der Waals surface area contributed by atoms with E-state index in [0.717, 1.165) is 5.56 Å². The number of methoxy groups -OCH3 is 1. The molecule has 19 heavy (non-hydrogen) atoms. The molecule has 1 heterocycles. The molecule has 1 aliphatic heterocycles. The van der Waals surface area contributed by atoms with E-state index in [1.54, 1.807) is 12.0 Å². The second kappa shape index (κ2) is 5.01. The number of carbonyl (C=O) groups excluding carboxylic acids is 1. The number of amides is 2. The average Bonchev–Trinajstić information content (AvgIpc) is 2.63. The number of amidine groups is 1. The van der Waals surface area contributed by atoms with Gasteiger partial charge in [0.25, 0.3) is 0 Å². The molecule has 102 valence electrons. The van der Waals surface area contributed by atoms with E-state index in [4.69, 9.17) is 10.5 Å². The lowest BCUT2D eigenvalue weighted by molar-refractivity contribution is 0.0230. The lowest BCUT2D eigenvalue weighted by Crippen LogP contribution is -2.58. The molecule has 0 saturated carbocycles. The number of carbonyl (C=O) groups is 1. The van der Waals surface area contributed by atoms with E-state index in [1.807, 2.05) is 44.2 Å². The van der Waals surface area contributed by atoms with E-state index in [9.17, 15) is 4.79 Å². The summed E-state index contributed by atoms with van der Waals surface area (Å²) in [6.45, 7) is 4.24. The summed E-state index contributed by atoms with van der Waals surface area (Å²) < 4.78 is 5.37. The van der Waals surface area contributed by atoms with Crippen molar-refractivity contribution in [1.82, 2.24) is 4.90 Å². The number of rotatable bonds is 4. The van der Waals surface area contributed by atoms with Gasteiger partial charge in [-0.3, -0.25) is 0 Å². The molecule has 0 spiro atoms. The first-order valence-corrected chi connectivity index (χ1v) is 6.23. The van der Waals surface area contributed by atoms with E-state index in [2.05, 4.69) is 4.99 Å². The van der Waals surface area contributed by atoms with Crippen molar-refractivity contribution in [3.63, 3.8) is 0 Å². The van der Waals surface area contributed by atoms with E-state index >= 15 is 0 Å². The van der Waals surface area contributed by atoms with Crippen LogP contribution in [0.15, 0.2) is 35.3 Å². The molecule has 2 amide bonds. The largest absolute Gasteiger partial charge is 0.385 e. The quantitative estimate of drug-likeness (QED) is 0.898. The van der Waals surface area contributed by atoms with Crippen LogP contribution in [0.3, 0.4) is 0 Å². The van der Waals surface area contributed by atoms with Crippen molar-refractivity contribution in [2.75, 3.05) is 7.11 Å². The fraction of sp³-hybridized carbons (Fsp3) is 0.429. The minimum atomic E-state index is -0.707. The first-order valence-electron chi connectivity index (χ1n) is 6.23. The van der Waals surface area contributed by atoms with Crippen molar-refractivity contribution >= 4 is 11.9 Å². The van der Waals surface area contributed by atoms with E-state index in [-0.39, 0.29) is 12.1 Å². The molecular weight excluding hydrogens is 242 g/mol. The summed E-state index contributed by atoms with van der Waals surface area (Å²) in [5.74, 6) is 0.308. The molecule has 2 atom stereocenters. The Kier molecular flexibility index (Phi) is 3.57. The highest BCUT2D eigenvalue weighted by Crippen LogP contribution is 2.29. The van der Waals surface area contributed by atoms with Crippen LogP contribution in [-0.4, -0.2) is 35.5 Å². The van der Waals surface area contributed by atoms with Crippen molar-refractivity contribution < 1.29 is 9.53 Å². The maximum absolute atomic E-state index is 12.0. The van der Waals surface area contributed by atoms with Crippen LogP contribution in [0.1, 0.15) is 19.4 Å². The van der Waals surface area contributed by atoms with E-state index < -0.39 is 5.54 Å². The van der Waals surface area contributed by atoms with Gasteiger partial charge in [-0.1, -0.05) is 30.3 Å². The Morgan fingerprint density at radius 3 is 2.63 bits per heavy atom. The molecule has 0 radical (unpaired) electrons. The van der Waals surface area contributed by atoms with Crippen LogP contribution < -0.4 is 5.73 Å². The molecule has 1 aliphatic rings. The third-order valence-corrected chi connectivity index (χ3v) is 3.85. The van der Waals surface area contributed by atoms with Gasteiger partial charge in [0, 0.05) is 13.7 Å². The van der Waals surface area contributed by atoms with Crippen LogP contribution in [0, 0.1) is 0 Å². The smallest absolute Gasteiger partial charge is 0.346 e. The Balaban J connectivity index is 2.30. The van der Waals surface area contributed by atoms with Gasteiger partial charge in [-0.2, -0.15) is 4.99 Å². The highest BCUT2D eigenvalue weighted by Gasteiger charge is 2.48. The van der Waals surface area contributed by atoms with Gasteiger partial charge in [-0.25, -0.2) is 4.79 Å². The Hall–Kier alpha value is -1.88. The molecule has 0 aromatic heterocycles. The van der Waals surface area contributed by atoms with Crippen LogP contribution in [0.4, 0.5) is 4.79 Å². The normalized spacial score (nSPS) is 24.5. The summed E-state index contributed by atoms with van der Waals surface area (Å²) in [5, 5.41) is 0. The Bertz CT molecular complexity index is 501. The first-order chi connectivity index (χ1) is 9.00. The molecule has 0 fully saturated rings. The lowest BCUT2D eigenvalue weighted by Gasteiger charge is -2.38. The molecule has 2 rings (SSSR count). The molecule has 1 aromatic carbocycles. The van der Waals surface area contributed by atoms with E-state index in [1.165, 1.54) is 0 Å². The minimum Gasteiger partial charge on any atom is -0.385 e. The third-order valence-electron chi connectivity index (χ3n) is 3.85. The zero-order valence-electron chi connectivity index (χ0n) is 11.5. The zero-order valence-corrected chi connectivity index (χ0v) is 11.5. The Morgan fingerprint density at radius 1 is 1.42 bits per heavy atom. The van der Waals surface area contributed by atoms with Crippen molar-refractivity contribution in [2.24, 2.45) is 10.7 Å². The number of ether oxygens (including phenoxy) is 1. The van der Waals surface area contributed by atoms with Gasteiger partial charge in [0.1, 0.15) is 11.4 Å². The van der Waals surface area contributed by atoms with Crippen molar-refractivity contribution in [3.8, 4) is 0 Å². The van der Waals surface area contributed by atoms with Crippen molar-refractivity contribution in [3.05, 3.63) is 35.9 Å². The number of hydrogen-bond donors (Lipinski definition) is 1. The SMILES string of the molecule is COC(C)C1(C)C(N)=NC(=O)N1Cc1ccccc1. The topological polar surface area (TPSA) is 67.9 Å². The van der Waals surface area contributed by atoms with Crippen LogP contribution in [0.2, 0.25) is 0 Å². The second-order valence-corrected chi connectivity index (χ2v) is 4.88. The Morgan fingerprint density at radius 2 is 2.05 bits per heavy atom. The predicted octanol–water partition coefficient (Wildman–Crippen LogP) is 1.77. The summed E-state index contributed by atoms with van der Waals surface area (Å²) in [4.78, 5) is 17.6. The molecule has 2 unspecified atom stereocenters. The molecule has 0 saturated heterocycles. The number of benzene rings is 1. The molecule has 0 bridgehead atoms. The monoisotopic (exact) mass is 261 g/mol. The molecule has 2 N–H and O–H groups in total. The molecule has 0 aliphatic carbocycles. The third kappa shape index (κ3) is 2.21. The number of aliphatic imine (C=N–C) groups is 1. The maximum atomic E-state index is 12.0. The number of hydrogen-bond acceptors (Lipinski definition) is 3.